The molecular weight excluding hydrogens is 488 g/mol. The number of piperidine rings is 1. The maximum Gasteiger partial charge on any atom is 0.267 e. The molecule has 4 heterocycles. The number of rotatable bonds is 6. The quantitative estimate of drug-likeness (QED) is 0.265. The zero-order valence-electron chi connectivity index (χ0n) is 20.2. The van der Waals surface area contributed by atoms with Crippen LogP contribution < -0.4 is 10.5 Å². The molecule has 0 aliphatic carbocycles. The minimum absolute atomic E-state index is 0.181. The number of hydrogen-bond donors (Lipinski definition) is 0. The van der Waals surface area contributed by atoms with Crippen molar-refractivity contribution < 1.29 is 4.79 Å². The number of carbonyl (C=O) groups is 1. The molecule has 2 aliphatic rings. The largest absolute Gasteiger partial charge is 0.356 e. The Balaban J connectivity index is 1.50. The van der Waals surface area contributed by atoms with Crippen LogP contribution in [0.15, 0.2) is 71.0 Å². The fraction of sp³-hybridized carbons (Fsp3) is 0.286. The summed E-state index contributed by atoms with van der Waals surface area (Å²) in [6.07, 6.45) is 8.15. The third-order valence-corrected chi connectivity index (χ3v) is 8.18. The first-order valence-corrected chi connectivity index (χ1v) is 13.4. The van der Waals surface area contributed by atoms with Crippen LogP contribution in [0.25, 0.3) is 11.7 Å². The first kappa shape index (κ1) is 24.5. The van der Waals surface area contributed by atoms with Crippen molar-refractivity contribution in [2.75, 3.05) is 24.5 Å². The smallest absolute Gasteiger partial charge is 0.267 e. The van der Waals surface area contributed by atoms with Crippen molar-refractivity contribution in [3.63, 3.8) is 0 Å². The van der Waals surface area contributed by atoms with Crippen molar-refractivity contribution in [1.29, 1.82) is 0 Å². The van der Waals surface area contributed by atoms with E-state index in [1.54, 1.807) is 22.7 Å². The summed E-state index contributed by atoms with van der Waals surface area (Å²) in [6.45, 7) is 7.63. The molecule has 2 aliphatic heterocycles. The predicted octanol–water partition coefficient (Wildman–Crippen LogP) is 4.85. The molecule has 0 radical (unpaired) electrons. The van der Waals surface area contributed by atoms with Gasteiger partial charge in [-0.3, -0.25) is 18.9 Å². The third-order valence-electron chi connectivity index (χ3n) is 6.81. The summed E-state index contributed by atoms with van der Waals surface area (Å²) < 4.78 is 2.04. The summed E-state index contributed by atoms with van der Waals surface area (Å²) in [5, 5.41) is 0. The number of aromatic nitrogens is 2. The SMILES string of the molecule is C=CCN1C(=O)C(=Cc2c(N3CCC(Cc4ccccc4)CC3)nc3c(C)cccn3c2=O)SC1=S. The standard InChI is InChI=1S/C28H28N4O2S2/c1-3-13-32-27(34)23(36-28(32)35)18-22-25(29-24-19(2)8-7-14-31(24)26(22)33)30-15-11-21(12-16-30)17-20-9-5-4-6-10-20/h3-10,14,18,21H,1,11-13,15-17H2,2H3. The molecule has 0 unspecified atom stereocenters. The second-order valence-corrected chi connectivity index (χ2v) is 10.9. The van der Waals surface area contributed by atoms with Gasteiger partial charge in [-0.2, -0.15) is 0 Å². The van der Waals surface area contributed by atoms with Crippen LogP contribution in [0.3, 0.4) is 0 Å². The van der Waals surface area contributed by atoms with E-state index in [1.165, 1.54) is 22.2 Å². The zero-order valence-corrected chi connectivity index (χ0v) is 21.9. The highest BCUT2D eigenvalue weighted by atomic mass is 32.2. The lowest BCUT2D eigenvalue weighted by Gasteiger charge is -2.33. The number of nitrogens with zero attached hydrogens (tertiary/aromatic N) is 4. The second kappa shape index (κ2) is 10.4. The van der Waals surface area contributed by atoms with E-state index in [2.05, 4.69) is 35.7 Å². The molecule has 2 fully saturated rings. The van der Waals surface area contributed by atoms with E-state index >= 15 is 0 Å². The lowest BCUT2D eigenvalue weighted by atomic mass is 9.90. The van der Waals surface area contributed by atoms with Crippen molar-refractivity contribution in [3.8, 4) is 0 Å². The number of fused-ring (bicyclic) bond motifs is 1. The van der Waals surface area contributed by atoms with Gasteiger partial charge in [-0.05, 0) is 55.4 Å². The monoisotopic (exact) mass is 516 g/mol. The molecule has 6 nitrogen and oxygen atoms in total. The summed E-state index contributed by atoms with van der Waals surface area (Å²) in [6, 6.07) is 14.4. The molecule has 5 rings (SSSR count). The first-order valence-electron chi connectivity index (χ1n) is 12.1. The van der Waals surface area contributed by atoms with Crippen molar-refractivity contribution in [2.45, 2.75) is 26.2 Å². The minimum atomic E-state index is -0.203. The van der Waals surface area contributed by atoms with Gasteiger partial charge < -0.3 is 4.90 Å². The first-order chi connectivity index (χ1) is 17.5. The number of anilines is 1. The summed E-state index contributed by atoms with van der Waals surface area (Å²) in [5.41, 5.74) is 3.17. The van der Waals surface area contributed by atoms with Crippen LogP contribution in [-0.4, -0.2) is 44.1 Å². The molecule has 0 atom stereocenters. The number of aryl methyl sites for hydroxylation is 1. The minimum Gasteiger partial charge on any atom is -0.356 e. The van der Waals surface area contributed by atoms with E-state index in [0.717, 1.165) is 37.9 Å². The number of benzene rings is 1. The van der Waals surface area contributed by atoms with Gasteiger partial charge in [0.15, 0.2) is 0 Å². The highest BCUT2D eigenvalue weighted by molar-refractivity contribution is 8.26. The van der Waals surface area contributed by atoms with E-state index in [4.69, 9.17) is 17.2 Å². The average molecular weight is 517 g/mol. The number of thioether (sulfide) groups is 1. The molecule has 2 aromatic heterocycles. The molecule has 0 N–H and O–H groups in total. The Bertz CT molecular complexity index is 1420. The van der Waals surface area contributed by atoms with Gasteiger partial charge in [-0.25, -0.2) is 4.98 Å². The van der Waals surface area contributed by atoms with Gasteiger partial charge in [0, 0.05) is 25.8 Å². The molecule has 1 aromatic carbocycles. The van der Waals surface area contributed by atoms with Gasteiger partial charge in [0.2, 0.25) is 0 Å². The number of amides is 1. The normalized spacial score (nSPS) is 18.0. The Labute approximate surface area is 220 Å². The number of pyridine rings is 1. The lowest BCUT2D eigenvalue weighted by molar-refractivity contribution is -0.121. The highest BCUT2D eigenvalue weighted by Crippen LogP contribution is 2.34. The highest BCUT2D eigenvalue weighted by Gasteiger charge is 2.32. The van der Waals surface area contributed by atoms with Crippen molar-refractivity contribution in [2.24, 2.45) is 5.92 Å². The van der Waals surface area contributed by atoms with Gasteiger partial charge in [0.05, 0.1) is 10.5 Å². The second-order valence-electron chi connectivity index (χ2n) is 9.24. The van der Waals surface area contributed by atoms with E-state index in [9.17, 15) is 9.59 Å². The molecule has 2 saturated heterocycles. The molecule has 0 spiro atoms. The molecular formula is C28H28N4O2S2. The predicted molar refractivity (Wildman–Crippen MR) is 151 cm³/mol. The average Bonchev–Trinajstić information content (AvgIpc) is 3.15. The Morgan fingerprint density at radius 3 is 2.61 bits per heavy atom. The molecule has 3 aromatic rings. The van der Waals surface area contributed by atoms with Crippen LogP contribution in [0.4, 0.5) is 5.82 Å². The van der Waals surface area contributed by atoms with E-state index in [0.29, 0.717) is 38.7 Å². The third kappa shape index (κ3) is 4.75. The zero-order chi connectivity index (χ0) is 25.2. The summed E-state index contributed by atoms with van der Waals surface area (Å²) in [7, 11) is 0. The Hall–Kier alpha value is -3.23. The fourth-order valence-electron chi connectivity index (χ4n) is 4.88. The van der Waals surface area contributed by atoms with Gasteiger partial charge in [0.25, 0.3) is 11.5 Å². The van der Waals surface area contributed by atoms with Crippen LogP contribution >= 0.6 is 24.0 Å². The maximum atomic E-state index is 13.7. The van der Waals surface area contributed by atoms with Crippen LogP contribution in [0, 0.1) is 12.8 Å². The molecule has 1 amide bonds. The van der Waals surface area contributed by atoms with Crippen molar-refractivity contribution in [1.82, 2.24) is 14.3 Å². The number of hydrogen-bond acceptors (Lipinski definition) is 6. The molecule has 184 valence electrons. The van der Waals surface area contributed by atoms with Crippen LogP contribution in [0.5, 0.6) is 0 Å². The Morgan fingerprint density at radius 1 is 1.14 bits per heavy atom. The Kier molecular flexibility index (Phi) is 7.07. The van der Waals surface area contributed by atoms with Crippen molar-refractivity contribution in [3.05, 3.63) is 93.3 Å². The Morgan fingerprint density at radius 2 is 1.89 bits per heavy atom. The van der Waals surface area contributed by atoms with Gasteiger partial charge >= 0.3 is 0 Å². The summed E-state index contributed by atoms with van der Waals surface area (Å²) in [4.78, 5) is 35.8. The molecule has 8 heteroatoms. The summed E-state index contributed by atoms with van der Waals surface area (Å²) in [5.74, 6) is 1.03. The maximum absolute atomic E-state index is 13.7. The van der Waals surface area contributed by atoms with Gasteiger partial charge in [-0.15, -0.1) is 6.58 Å². The van der Waals surface area contributed by atoms with Crippen molar-refractivity contribution >= 4 is 51.7 Å². The molecule has 36 heavy (non-hydrogen) atoms. The van der Waals surface area contributed by atoms with Gasteiger partial charge in [0.1, 0.15) is 15.8 Å². The lowest BCUT2D eigenvalue weighted by Crippen LogP contribution is -2.37. The number of carbonyl (C=O) groups excluding carboxylic acids is 1. The van der Waals surface area contributed by atoms with Gasteiger partial charge in [-0.1, -0.05) is 66.5 Å². The summed E-state index contributed by atoms with van der Waals surface area (Å²) >= 11 is 6.62. The van der Waals surface area contributed by atoms with E-state index < -0.39 is 0 Å². The van der Waals surface area contributed by atoms with Crippen LogP contribution in [0.1, 0.15) is 29.5 Å². The topological polar surface area (TPSA) is 57.9 Å². The molecule has 0 saturated carbocycles. The molecule has 0 bridgehead atoms. The van der Waals surface area contributed by atoms with Crippen LogP contribution in [-0.2, 0) is 11.2 Å². The fourth-order valence-corrected chi connectivity index (χ4v) is 6.14. The van der Waals surface area contributed by atoms with E-state index in [-0.39, 0.29) is 11.5 Å². The van der Waals surface area contributed by atoms with Crippen LogP contribution in [0.2, 0.25) is 0 Å². The van der Waals surface area contributed by atoms with E-state index in [1.807, 2.05) is 25.1 Å². The number of thiocarbonyl (C=S) groups is 1.